The second-order valence-electron chi connectivity index (χ2n) is 7.66. The number of rotatable bonds is 11. The lowest BCUT2D eigenvalue weighted by atomic mass is 10.1. The van der Waals surface area contributed by atoms with Gasteiger partial charge in [0.1, 0.15) is 0 Å². The molecule has 1 fully saturated rings. The number of hydrogen-bond donors (Lipinski definition) is 4. The number of methoxy groups -OCH3 is 1. The zero-order valence-corrected chi connectivity index (χ0v) is 18.7. The SMILES string of the molecule is COCCNC(=O)c1cccc(NC(=O)CNc2cccc(C(=O)NCC3CCCO3)c2)c1. The summed E-state index contributed by atoms with van der Waals surface area (Å²) in [6.45, 7) is 2.06. The Bertz CT molecular complexity index is 959. The third-order valence-electron chi connectivity index (χ3n) is 5.09. The first-order valence-corrected chi connectivity index (χ1v) is 11.0. The van der Waals surface area contributed by atoms with Gasteiger partial charge in [-0.2, -0.15) is 0 Å². The summed E-state index contributed by atoms with van der Waals surface area (Å²) in [5.74, 6) is -0.699. The van der Waals surface area contributed by atoms with Gasteiger partial charge in [0, 0.05) is 49.3 Å². The Morgan fingerprint density at radius 3 is 2.39 bits per heavy atom. The highest BCUT2D eigenvalue weighted by atomic mass is 16.5. The van der Waals surface area contributed by atoms with Gasteiger partial charge in [0.05, 0.1) is 19.3 Å². The predicted molar refractivity (Wildman–Crippen MR) is 126 cm³/mol. The van der Waals surface area contributed by atoms with Crippen molar-refractivity contribution in [2.75, 3.05) is 50.6 Å². The van der Waals surface area contributed by atoms with Gasteiger partial charge in [0.25, 0.3) is 11.8 Å². The van der Waals surface area contributed by atoms with Gasteiger partial charge in [0.15, 0.2) is 0 Å². The summed E-state index contributed by atoms with van der Waals surface area (Å²) in [5, 5.41) is 11.4. The maximum Gasteiger partial charge on any atom is 0.251 e. The molecule has 9 heteroatoms. The highest BCUT2D eigenvalue weighted by Gasteiger charge is 2.17. The minimum atomic E-state index is -0.278. The van der Waals surface area contributed by atoms with Gasteiger partial charge in [-0.15, -0.1) is 0 Å². The fourth-order valence-corrected chi connectivity index (χ4v) is 3.38. The summed E-state index contributed by atoms with van der Waals surface area (Å²) in [7, 11) is 1.56. The van der Waals surface area contributed by atoms with Gasteiger partial charge in [-0.05, 0) is 49.2 Å². The van der Waals surface area contributed by atoms with E-state index in [-0.39, 0.29) is 30.4 Å². The Labute approximate surface area is 193 Å². The van der Waals surface area contributed by atoms with E-state index in [1.54, 1.807) is 55.6 Å². The Morgan fingerprint density at radius 2 is 1.70 bits per heavy atom. The molecule has 1 aliphatic rings. The molecule has 0 saturated carbocycles. The van der Waals surface area contributed by atoms with Gasteiger partial charge in [-0.25, -0.2) is 0 Å². The summed E-state index contributed by atoms with van der Waals surface area (Å²) >= 11 is 0. The fraction of sp³-hybridized carbons (Fsp3) is 0.375. The van der Waals surface area contributed by atoms with E-state index >= 15 is 0 Å². The van der Waals surface area contributed by atoms with Crippen molar-refractivity contribution in [2.24, 2.45) is 0 Å². The van der Waals surface area contributed by atoms with Gasteiger partial charge < -0.3 is 30.7 Å². The molecule has 176 valence electrons. The third-order valence-corrected chi connectivity index (χ3v) is 5.09. The normalized spacial score (nSPS) is 15.0. The van der Waals surface area contributed by atoms with E-state index in [0.29, 0.717) is 42.2 Å². The molecule has 3 rings (SSSR count). The highest BCUT2D eigenvalue weighted by molar-refractivity contribution is 5.98. The van der Waals surface area contributed by atoms with Crippen LogP contribution in [0.1, 0.15) is 33.6 Å². The van der Waals surface area contributed by atoms with E-state index in [1.807, 2.05) is 0 Å². The number of ether oxygens (including phenoxy) is 2. The molecule has 0 spiro atoms. The molecule has 0 aliphatic carbocycles. The van der Waals surface area contributed by atoms with Crippen molar-refractivity contribution in [1.82, 2.24) is 10.6 Å². The van der Waals surface area contributed by atoms with Crippen molar-refractivity contribution in [3.05, 3.63) is 59.7 Å². The van der Waals surface area contributed by atoms with Crippen LogP contribution in [0, 0.1) is 0 Å². The molecule has 1 saturated heterocycles. The van der Waals surface area contributed by atoms with E-state index in [9.17, 15) is 14.4 Å². The Morgan fingerprint density at radius 1 is 1.00 bits per heavy atom. The van der Waals surface area contributed by atoms with Crippen molar-refractivity contribution in [3.8, 4) is 0 Å². The first kappa shape index (κ1) is 24.2. The number of nitrogens with one attached hydrogen (secondary N) is 4. The van der Waals surface area contributed by atoms with Crippen molar-refractivity contribution in [2.45, 2.75) is 18.9 Å². The van der Waals surface area contributed by atoms with E-state index in [1.165, 1.54) is 0 Å². The van der Waals surface area contributed by atoms with Crippen molar-refractivity contribution in [3.63, 3.8) is 0 Å². The van der Waals surface area contributed by atoms with E-state index in [2.05, 4.69) is 21.3 Å². The summed E-state index contributed by atoms with van der Waals surface area (Å²) in [6.07, 6.45) is 2.06. The van der Waals surface area contributed by atoms with Crippen LogP contribution in [-0.2, 0) is 14.3 Å². The number of anilines is 2. The van der Waals surface area contributed by atoms with Crippen LogP contribution in [-0.4, -0.2) is 63.8 Å². The van der Waals surface area contributed by atoms with Crippen LogP contribution >= 0.6 is 0 Å². The summed E-state index contributed by atoms with van der Waals surface area (Å²) in [6, 6.07) is 13.7. The number of carbonyl (C=O) groups excluding carboxylic acids is 3. The molecule has 1 heterocycles. The van der Waals surface area contributed by atoms with E-state index < -0.39 is 0 Å². The predicted octanol–water partition coefficient (Wildman–Crippen LogP) is 2.02. The van der Waals surface area contributed by atoms with Crippen LogP contribution in [0.5, 0.6) is 0 Å². The first-order valence-electron chi connectivity index (χ1n) is 11.0. The minimum absolute atomic E-state index is 0.00521. The lowest BCUT2D eigenvalue weighted by molar-refractivity contribution is -0.114. The summed E-state index contributed by atoms with van der Waals surface area (Å²) in [4.78, 5) is 36.9. The van der Waals surface area contributed by atoms with Crippen LogP contribution in [0.2, 0.25) is 0 Å². The molecule has 2 aromatic carbocycles. The summed E-state index contributed by atoms with van der Waals surface area (Å²) in [5.41, 5.74) is 2.12. The van der Waals surface area contributed by atoms with Gasteiger partial charge in [0.2, 0.25) is 5.91 Å². The Balaban J connectivity index is 1.47. The van der Waals surface area contributed by atoms with Gasteiger partial charge in [-0.3, -0.25) is 14.4 Å². The molecule has 0 aromatic heterocycles. The molecule has 1 unspecified atom stereocenters. The van der Waals surface area contributed by atoms with Gasteiger partial charge in [-0.1, -0.05) is 12.1 Å². The minimum Gasteiger partial charge on any atom is -0.383 e. The average molecular weight is 455 g/mol. The molecule has 0 bridgehead atoms. The zero-order valence-electron chi connectivity index (χ0n) is 18.7. The van der Waals surface area contributed by atoms with Crippen LogP contribution in [0.3, 0.4) is 0 Å². The second-order valence-corrected chi connectivity index (χ2v) is 7.66. The number of benzene rings is 2. The molecule has 2 aromatic rings. The molecule has 1 aliphatic heterocycles. The third kappa shape index (κ3) is 7.89. The lowest BCUT2D eigenvalue weighted by Crippen LogP contribution is -2.31. The maximum absolute atomic E-state index is 12.4. The number of carbonyl (C=O) groups is 3. The standard InChI is InChI=1S/C24H30N4O5/c1-32-12-10-25-23(30)18-6-3-8-20(14-18)28-22(29)16-26-19-7-2-5-17(13-19)24(31)27-15-21-9-4-11-33-21/h2-3,5-8,13-14,21,26H,4,9-12,15-16H2,1H3,(H,25,30)(H,27,31)(H,28,29). The van der Waals surface area contributed by atoms with E-state index in [0.717, 1.165) is 19.4 Å². The highest BCUT2D eigenvalue weighted by Crippen LogP contribution is 2.14. The Hall–Kier alpha value is -3.43. The molecule has 4 N–H and O–H groups in total. The quantitative estimate of drug-likeness (QED) is 0.386. The largest absolute Gasteiger partial charge is 0.383 e. The molecular formula is C24H30N4O5. The van der Waals surface area contributed by atoms with Crippen molar-refractivity contribution >= 4 is 29.1 Å². The first-order chi connectivity index (χ1) is 16.0. The smallest absolute Gasteiger partial charge is 0.251 e. The zero-order chi connectivity index (χ0) is 23.5. The van der Waals surface area contributed by atoms with Gasteiger partial charge >= 0.3 is 0 Å². The van der Waals surface area contributed by atoms with Crippen LogP contribution in [0.4, 0.5) is 11.4 Å². The monoisotopic (exact) mass is 454 g/mol. The summed E-state index contributed by atoms with van der Waals surface area (Å²) < 4.78 is 10.4. The average Bonchev–Trinajstić information content (AvgIpc) is 3.35. The maximum atomic E-state index is 12.4. The molecule has 3 amide bonds. The van der Waals surface area contributed by atoms with Crippen LogP contribution in [0.25, 0.3) is 0 Å². The number of hydrogen-bond acceptors (Lipinski definition) is 6. The molecule has 9 nitrogen and oxygen atoms in total. The molecular weight excluding hydrogens is 424 g/mol. The number of amides is 3. The second kappa shape index (κ2) is 12.6. The van der Waals surface area contributed by atoms with Crippen LogP contribution < -0.4 is 21.3 Å². The van der Waals surface area contributed by atoms with E-state index in [4.69, 9.17) is 9.47 Å². The fourth-order valence-electron chi connectivity index (χ4n) is 3.38. The topological polar surface area (TPSA) is 118 Å². The Kier molecular flexibility index (Phi) is 9.22. The van der Waals surface area contributed by atoms with Crippen molar-refractivity contribution in [1.29, 1.82) is 0 Å². The molecule has 33 heavy (non-hydrogen) atoms. The molecule has 1 atom stereocenters. The lowest BCUT2D eigenvalue weighted by Gasteiger charge is -2.12. The van der Waals surface area contributed by atoms with Crippen molar-refractivity contribution < 1.29 is 23.9 Å². The van der Waals surface area contributed by atoms with Crippen LogP contribution in [0.15, 0.2) is 48.5 Å². The molecule has 0 radical (unpaired) electrons.